The highest BCUT2D eigenvalue weighted by Crippen LogP contribution is 2.34. The van der Waals surface area contributed by atoms with Crippen LogP contribution in [0.5, 0.6) is 0 Å². The molecule has 0 radical (unpaired) electrons. The number of hydrogen-bond acceptors (Lipinski definition) is 2. The molecule has 0 saturated carbocycles. The molecule has 1 aliphatic rings. The molecule has 1 aromatic rings. The first-order valence-corrected chi connectivity index (χ1v) is 7.81. The summed E-state index contributed by atoms with van der Waals surface area (Å²) in [5.74, 6) is 0.985. The van der Waals surface area contributed by atoms with E-state index in [-0.39, 0.29) is 0 Å². The zero-order chi connectivity index (χ0) is 13.0. The van der Waals surface area contributed by atoms with E-state index in [1.54, 1.807) is 0 Å². The van der Waals surface area contributed by atoms with Crippen LogP contribution in [0.3, 0.4) is 0 Å². The lowest BCUT2D eigenvalue weighted by molar-refractivity contribution is 0.307. The number of thiol groups is 1. The Morgan fingerprint density at radius 2 is 1.94 bits per heavy atom. The van der Waals surface area contributed by atoms with Crippen molar-refractivity contribution in [1.29, 1.82) is 0 Å². The zero-order valence-corrected chi connectivity index (χ0v) is 12.5. The van der Waals surface area contributed by atoms with Crippen molar-refractivity contribution in [3.63, 3.8) is 0 Å². The molecule has 0 spiro atoms. The summed E-state index contributed by atoms with van der Waals surface area (Å²) >= 11 is 4.60. The summed E-state index contributed by atoms with van der Waals surface area (Å²) in [6.45, 7) is 6.96. The third-order valence-electron chi connectivity index (χ3n) is 4.57. The first-order chi connectivity index (χ1) is 8.74. The first-order valence-electron chi connectivity index (χ1n) is 7.18. The Kier molecular flexibility index (Phi) is 4.60. The Labute approximate surface area is 117 Å². The van der Waals surface area contributed by atoms with Gasteiger partial charge in [-0.1, -0.05) is 32.0 Å². The molecule has 1 aliphatic heterocycles. The standard InChI is InChI=1S/C16H25NS/c1-3-16(4-2,13-18)12-17-11-7-9-14-8-5-6-10-15(14)17/h5-6,8,10,18H,3-4,7,9,11-13H2,1-2H3. The average molecular weight is 263 g/mol. The van der Waals surface area contributed by atoms with Crippen LogP contribution in [0.15, 0.2) is 24.3 Å². The summed E-state index contributed by atoms with van der Waals surface area (Å²) in [5.41, 5.74) is 3.34. The van der Waals surface area contributed by atoms with Crippen LogP contribution in [-0.4, -0.2) is 18.8 Å². The van der Waals surface area contributed by atoms with Gasteiger partial charge in [-0.15, -0.1) is 0 Å². The maximum Gasteiger partial charge on any atom is 0.0398 e. The summed E-state index contributed by atoms with van der Waals surface area (Å²) in [7, 11) is 0. The molecule has 0 saturated heterocycles. The number of anilines is 1. The van der Waals surface area contributed by atoms with Gasteiger partial charge in [0.15, 0.2) is 0 Å². The Bertz CT molecular complexity index is 376. The number of aryl methyl sites for hydroxylation is 1. The minimum atomic E-state index is 0.369. The van der Waals surface area contributed by atoms with Crippen LogP contribution >= 0.6 is 12.6 Å². The van der Waals surface area contributed by atoms with Gasteiger partial charge in [-0.3, -0.25) is 0 Å². The van der Waals surface area contributed by atoms with E-state index in [0.717, 1.165) is 12.3 Å². The molecule has 1 nitrogen and oxygen atoms in total. The molecule has 1 heterocycles. The van der Waals surface area contributed by atoms with Crippen LogP contribution in [-0.2, 0) is 6.42 Å². The third kappa shape index (κ3) is 2.69. The molecule has 0 fully saturated rings. The summed E-state index contributed by atoms with van der Waals surface area (Å²) < 4.78 is 0. The fourth-order valence-electron chi connectivity index (χ4n) is 2.93. The molecule has 100 valence electrons. The van der Waals surface area contributed by atoms with Gasteiger partial charge in [0.2, 0.25) is 0 Å². The van der Waals surface area contributed by atoms with Gasteiger partial charge in [-0.05, 0) is 48.5 Å². The topological polar surface area (TPSA) is 3.24 Å². The predicted molar refractivity (Wildman–Crippen MR) is 83.8 cm³/mol. The molecule has 0 unspecified atom stereocenters. The minimum Gasteiger partial charge on any atom is -0.371 e. The van der Waals surface area contributed by atoms with Gasteiger partial charge in [0.1, 0.15) is 0 Å². The molecule has 2 heteroatoms. The molecular formula is C16H25NS. The second-order valence-corrected chi connectivity index (χ2v) is 5.84. The highest BCUT2D eigenvalue weighted by Gasteiger charge is 2.29. The summed E-state index contributed by atoms with van der Waals surface area (Å²) in [6.07, 6.45) is 4.95. The molecule has 2 rings (SSSR count). The normalized spacial score (nSPS) is 15.6. The smallest absolute Gasteiger partial charge is 0.0398 e. The highest BCUT2D eigenvalue weighted by molar-refractivity contribution is 7.80. The maximum absolute atomic E-state index is 4.60. The summed E-state index contributed by atoms with van der Waals surface area (Å²) in [4.78, 5) is 2.59. The SMILES string of the molecule is CCC(CC)(CS)CN1CCCc2ccccc21. The van der Waals surface area contributed by atoms with Crippen molar-refractivity contribution in [2.75, 3.05) is 23.7 Å². The Morgan fingerprint density at radius 1 is 1.22 bits per heavy atom. The van der Waals surface area contributed by atoms with E-state index < -0.39 is 0 Å². The molecule has 1 aromatic carbocycles. The first kappa shape index (κ1) is 13.8. The Morgan fingerprint density at radius 3 is 2.61 bits per heavy atom. The van der Waals surface area contributed by atoms with Crippen molar-refractivity contribution < 1.29 is 0 Å². The highest BCUT2D eigenvalue weighted by atomic mass is 32.1. The van der Waals surface area contributed by atoms with Crippen LogP contribution in [0.25, 0.3) is 0 Å². The van der Waals surface area contributed by atoms with Gasteiger partial charge in [0.25, 0.3) is 0 Å². The number of fused-ring (bicyclic) bond motifs is 1. The summed E-state index contributed by atoms with van der Waals surface area (Å²) in [5, 5.41) is 0. The molecule has 0 aromatic heterocycles. The van der Waals surface area contributed by atoms with E-state index in [9.17, 15) is 0 Å². The summed E-state index contributed by atoms with van der Waals surface area (Å²) in [6, 6.07) is 8.89. The lowest BCUT2D eigenvalue weighted by Crippen LogP contribution is -2.41. The van der Waals surface area contributed by atoms with Crippen molar-refractivity contribution in [1.82, 2.24) is 0 Å². The van der Waals surface area contributed by atoms with E-state index in [1.807, 2.05) is 0 Å². The fraction of sp³-hybridized carbons (Fsp3) is 0.625. The van der Waals surface area contributed by atoms with Gasteiger partial charge >= 0.3 is 0 Å². The fourth-order valence-corrected chi connectivity index (χ4v) is 3.48. The lowest BCUT2D eigenvalue weighted by atomic mass is 9.83. The van der Waals surface area contributed by atoms with Crippen LogP contribution < -0.4 is 4.90 Å². The number of hydrogen-bond donors (Lipinski definition) is 1. The van der Waals surface area contributed by atoms with Gasteiger partial charge in [-0.25, -0.2) is 0 Å². The molecule has 0 N–H and O–H groups in total. The minimum absolute atomic E-state index is 0.369. The molecule has 0 bridgehead atoms. The molecule has 0 atom stereocenters. The molecule has 0 aliphatic carbocycles. The molecule has 18 heavy (non-hydrogen) atoms. The monoisotopic (exact) mass is 263 g/mol. The predicted octanol–water partition coefficient (Wildman–Crippen LogP) is 4.18. The van der Waals surface area contributed by atoms with Crippen LogP contribution in [0.2, 0.25) is 0 Å². The number of benzene rings is 1. The van der Waals surface area contributed by atoms with Crippen LogP contribution in [0.4, 0.5) is 5.69 Å². The average Bonchev–Trinajstić information content (AvgIpc) is 2.45. The zero-order valence-electron chi connectivity index (χ0n) is 11.7. The van der Waals surface area contributed by atoms with Gasteiger partial charge < -0.3 is 4.90 Å². The number of para-hydroxylation sites is 1. The van der Waals surface area contributed by atoms with Crippen molar-refractivity contribution in [2.45, 2.75) is 39.5 Å². The Hall–Kier alpha value is -0.630. The second kappa shape index (κ2) is 6.01. The number of nitrogens with zero attached hydrogens (tertiary/aromatic N) is 1. The Balaban J connectivity index is 2.20. The lowest BCUT2D eigenvalue weighted by Gasteiger charge is -2.40. The van der Waals surface area contributed by atoms with Crippen molar-refractivity contribution >= 4 is 18.3 Å². The van der Waals surface area contributed by atoms with Gasteiger partial charge in [0.05, 0.1) is 0 Å². The van der Waals surface area contributed by atoms with Gasteiger partial charge in [-0.2, -0.15) is 12.6 Å². The molecule has 0 amide bonds. The van der Waals surface area contributed by atoms with E-state index in [4.69, 9.17) is 0 Å². The van der Waals surface area contributed by atoms with Crippen molar-refractivity contribution in [3.05, 3.63) is 29.8 Å². The van der Waals surface area contributed by atoms with Crippen molar-refractivity contribution in [2.24, 2.45) is 5.41 Å². The van der Waals surface area contributed by atoms with Gasteiger partial charge in [0, 0.05) is 18.8 Å². The van der Waals surface area contributed by atoms with E-state index in [0.29, 0.717) is 5.41 Å². The second-order valence-electron chi connectivity index (χ2n) is 5.52. The third-order valence-corrected chi connectivity index (χ3v) is 5.24. The van der Waals surface area contributed by atoms with E-state index >= 15 is 0 Å². The van der Waals surface area contributed by atoms with E-state index in [1.165, 1.54) is 43.5 Å². The number of rotatable bonds is 5. The largest absolute Gasteiger partial charge is 0.371 e. The maximum atomic E-state index is 4.60. The van der Waals surface area contributed by atoms with Crippen LogP contribution in [0, 0.1) is 5.41 Å². The molecular weight excluding hydrogens is 238 g/mol. The van der Waals surface area contributed by atoms with Crippen LogP contribution in [0.1, 0.15) is 38.7 Å². The van der Waals surface area contributed by atoms with E-state index in [2.05, 4.69) is 55.6 Å². The van der Waals surface area contributed by atoms with Crippen molar-refractivity contribution in [3.8, 4) is 0 Å². The quantitative estimate of drug-likeness (QED) is 0.780.